The van der Waals surface area contributed by atoms with Crippen LogP contribution in [-0.2, 0) is 14.8 Å². The Morgan fingerprint density at radius 2 is 1.87 bits per heavy atom. The summed E-state index contributed by atoms with van der Waals surface area (Å²) in [7, 11) is -0.841. The molecule has 9 heteroatoms. The maximum atomic E-state index is 13.2. The molecule has 2 atom stereocenters. The second-order valence-corrected chi connectivity index (χ2v) is 9.84. The van der Waals surface area contributed by atoms with Crippen LogP contribution >= 0.6 is 11.6 Å². The lowest BCUT2D eigenvalue weighted by Crippen LogP contribution is -2.45. The topological polar surface area (TPSA) is 84.9 Å². The Morgan fingerprint density at radius 1 is 1.16 bits per heavy atom. The van der Waals surface area contributed by atoms with Gasteiger partial charge in [-0.05, 0) is 55.7 Å². The summed E-state index contributed by atoms with van der Waals surface area (Å²) in [6, 6.07) is 11.7. The maximum absolute atomic E-state index is 13.2. The number of nitrogens with one attached hydrogen (secondary N) is 1. The molecule has 1 fully saturated rings. The Kier molecular flexibility index (Phi) is 7.46. The molecular formula is C22H27ClN2O5S. The summed E-state index contributed by atoms with van der Waals surface area (Å²) in [5, 5.41) is 3.30. The molecule has 2 aromatic rings. The highest BCUT2D eigenvalue weighted by Crippen LogP contribution is 2.32. The van der Waals surface area contributed by atoms with E-state index >= 15 is 0 Å². The van der Waals surface area contributed by atoms with Gasteiger partial charge in [0, 0.05) is 18.1 Å². The van der Waals surface area contributed by atoms with Gasteiger partial charge in [-0.25, -0.2) is 8.42 Å². The van der Waals surface area contributed by atoms with E-state index in [-0.39, 0.29) is 29.1 Å². The lowest BCUT2D eigenvalue weighted by molar-refractivity contribution is -0.126. The first-order valence-corrected chi connectivity index (χ1v) is 11.9. The van der Waals surface area contributed by atoms with Gasteiger partial charge in [0.2, 0.25) is 15.9 Å². The molecule has 1 saturated heterocycles. The molecule has 0 spiro atoms. The van der Waals surface area contributed by atoms with Crippen LogP contribution in [0.25, 0.3) is 0 Å². The van der Waals surface area contributed by atoms with Crippen molar-refractivity contribution in [3.8, 4) is 11.5 Å². The SMILES string of the molecule is COc1ccc([C@@H](C)NC(=O)[C@@H]2CCCN(S(=O)(=O)c3cc(Cl)ccc3OC)C2)cc1. The number of hydrogen-bond donors (Lipinski definition) is 1. The Hall–Kier alpha value is -2.29. The molecule has 1 aliphatic rings. The zero-order valence-electron chi connectivity index (χ0n) is 17.8. The van der Waals surface area contributed by atoms with Gasteiger partial charge in [-0.1, -0.05) is 23.7 Å². The molecule has 3 rings (SSSR count). The quantitative estimate of drug-likeness (QED) is 0.673. The Bertz CT molecular complexity index is 1030. The van der Waals surface area contributed by atoms with E-state index in [1.165, 1.54) is 23.5 Å². The number of halogens is 1. The van der Waals surface area contributed by atoms with Crippen molar-refractivity contribution >= 4 is 27.5 Å². The molecule has 0 radical (unpaired) electrons. The number of carbonyl (C=O) groups is 1. The highest BCUT2D eigenvalue weighted by atomic mass is 35.5. The second-order valence-electron chi connectivity index (χ2n) is 7.50. The van der Waals surface area contributed by atoms with Crippen molar-refractivity contribution in [2.45, 2.75) is 30.7 Å². The van der Waals surface area contributed by atoms with Crippen LogP contribution in [0.15, 0.2) is 47.4 Å². The molecule has 7 nitrogen and oxygen atoms in total. The average Bonchev–Trinajstić information content (AvgIpc) is 2.79. The van der Waals surface area contributed by atoms with E-state index in [1.807, 2.05) is 31.2 Å². The Morgan fingerprint density at radius 3 is 2.52 bits per heavy atom. The fourth-order valence-corrected chi connectivity index (χ4v) is 5.62. The van der Waals surface area contributed by atoms with E-state index in [9.17, 15) is 13.2 Å². The van der Waals surface area contributed by atoms with Gasteiger partial charge >= 0.3 is 0 Å². The number of rotatable bonds is 7. The average molecular weight is 467 g/mol. The molecule has 1 N–H and O–H groups in total. The minimum absolute atomic E-state index is 0.00941. The summed E-state index contributed by atoms with van der Waals surface area (Å²) >= 11 is 6.02. The summed E-state index contributed by atoms with van der Waals surface area (Å²) in [5.74, 6) is 0.367. The summed E-state index contributed by atoms with van der Waals surface area (Å²) in [4.78, 5) is 12.9. The minimum Gasteiger partial charge on any atom is -0.497 e. The van der Waals surface area contributed by atoms with Gasteiger partial charge in [-0.15, -0.1) is 0 Å². The van der Waals surface area contributed by atoms with Crippen molar-refractivity contribution in [3.63, 3.8) is 0 Å². The van der Waals surface area contributed by atoms with Gasteiger partial charge in [0.05, 0.1) is 26.2 Å². The second kappa shape index (κ2) is 9.89. The summed E-state index contributed by atoms with van der Waals surface area (Å²) in [6.45, 7) is 2.35. The smallest absolute Gasteiger partial charge is 0.246 e. The van der Waals surface area contributed by atoms with Crippen molar-refractivity contribution in [1.29, 1.82) is 0 Å². The van der Waals surface area contributed by atoms with Crippen molar-refractivity contribution in [1.82, 2.24) is 9.62 Å². The molecule has 0 aromatic heterocycles. The Balaban J connectivity index is 1.72. The van der Waals surface area contributed by atoms with Gasteiger partial charge in [0.25, 0.3) is 0 Å². The number of sulfonamides is 1. The van der Waals surface area contributed by atoms with Gasteiger partial charge in [-0.2, -0.15) is 4.31 Å². The molecule has 1 aliphatic heterocycles. The van der Waals surface area contributed by atoms with E-state index in [2.05, 4.69) is 5.32 Å². The first-order valence-electron chi connectivity index (χ1n) is 10.0. The van der Waals surface area contributed by atoms with Crippen LogP contribution in [-0.4, -0.2) is 45.9 Å². The van der Waals surface area contributed by atoms with E-state index in [4.69, 9.17) is 21.1 Å². The third-order valence-corrected chi connectivity index (χ3v) is 7.59. The molecule has 0 unspecified atom stereocenters. The number of carbonyl (C=O) groups excluding carboxylic acids is 1. The van der Waals surface area contributed by atoms with Crippen LogP contribution in [0.5, 0.6) is 11.5 Å². The first kappa shape index (κ1) is 23.4. The molecule has 0 bridgehead atoms. The molecule has 1 heterocycles. The van der Waals surface area contributed by atoms with Crippen LogP contribution in [0.2, 0.25) is 5.02 Å². The number of ether oxygens (including phenoxy) is 2. The third kappa shape index (κ3) is 5.31. The summed E-state index contributed by atoms with van der Waals surface area (Å²) in [6.07, 6.45) is 1.22. The third-order valence-electron chi connectivity index (χ3n) is 5.47. The van der Waals surface area contributed by atoms with Crippen LogP contribution in [0.1, 0.15) is 31.4 Å². The number of nitrogens with zero attached hydrogens (tertiary/aromatic N) is 1. The van der Waals surface area contributed by atoms with Crippen molar-refractivity contribution < 1.29 is 22.7 Å². The van der Waals surface area contributed by atoms with E-state index in [1.54, 1.807) is 13.2 Å². The van der Waals surface area contributed by atoms with Crippen LogP contribution in [0.3, 0.4) is 0 Å². The fourth-order valence-electron chi connectivity index (χ4n) is 3.67. The van der Waals surface area contributed by atoms with Gasteiger partial charge in [0.1, 0.15) is 16.4 Å². The molecule has 2 aromatic carbocycles. The zero-order chi connectivity index (χ0) is 22.6. The Labute approximate surface area is 188 Å². The number of amides is 1. The number of hydrogen-bond acceptors (Lipinski definition) is 5. The maximum Gasteiger partial charge on any atom is 0.246 e. The van der Waals surface area contributed by atoms with Crippen molar-refractivity contribution in [2.24, 2.45) is 5.92 Å². The van der Waals surface area contributed by atoms with Crippen LogP contribution in [0.4, 0.5) is 0 Å². The molecule has 1 amide bonds. The lowest BCUT2D eigenvalue weighted by atomic mass is 9.98. The van der Waals surface area contributed by atoms with Crippen LogP contribution in [0, 0.1) is 5.92 Å². The predicted octanol–water partition coefficient (Wildman–Crippen LogP) is 3.64. The lowest BCUT2D eigenvalue weighted by Gasteiger charge is -2.32. The number of methoxy groups -OCH3 is 2. The standard InChI is InChI=1S/C22H27ClN2O5S/c1-15(16-6-9-19(29-2)10-7-16)24-22(26)17-5-4-12-25(14-17)31(27,28)21-13-18(23)8-11-20(21)30-3/h6-11,13,15,17H,4-5,12,14H2,1-3H3,(H,24,26)/t15-,17-/m1/s1. The normalized spacial score (nSPS) is 18.3. The van der Waals surface area contributed by atoms with E-state index in [0.717, 1.165) is 11.3 Å². The highest BCUT2D eigenvalue weighted by Gasteiger charge is 2.35. The molecule has 0 saturated carbocycles. The summed E-state index contributed by atoms with van der Waals surface area (Å²) < 4.78 is 38.2. The van der Waals surface area contributed by atoms with Crippen molar-refractivity contribution in [2.75, 3.05) is 27.3 Å². The monoisotopic (exact) mass is 466 g/mol. The zero-order valence-corrected chi connectivity index (χ0v) is 19.4. The molecule has 31 heavy (non-hydrogen) atoms. The molecule has 0 aliphatic carbocycles. The fraction of sp³-hybridized carbons (Fsp3) is 0.409. The highest BCUT2D eigenvalue weighted by molar-refractivity contribution is 7.89. The largest absolute Gasteiger partial charge is 0.497 e. The van der Waals surface area contributed by atoms with Crippen LogP contribution < -0.4 is 14.8 Å². The number of piperidine rings is 1. The van der Waals surface area contributed by atoms with Gasteiger partial charge in [0.15, 0.2) is 0 Å². The number of benzene rings is 2. The molecular weight excluding hydrogens is 440 g/mol. The van der Waals surface area contributed by atoms with Crippen molar-refractivity contribution in [3.05, 3.63) is 53.1 Å². The first-order chi connectivity index (χ1) is 14.8. The van der Waals surface area contributed by atoms with Gasteiger partial charge < -0.3 is 14.8 Å². The van der Waals surface area contributed by atoms with E-state index in [0.29, 0.717) is 24.4 Å². The van der Waals surface area contributed by atoms with E-state index < -0.39 is 15.9 Å². The predicted molar refractivity (Wildman–Crippen MR) is 119 cm³/mol. The minimum atomic E-state index is -3.85. The summed E-state index contributed by atoms with van der Waals surface area (Å²) in [5.41, 5.74) is 0.943. The van der Waals surface area contributed by atoms with Gasteiger partial charge in [-0.3, -0.25) is 4.79 Å². The molecule has 168 valence electrons.